The lowest BCUT2D eigenvalue weighted by atomic mass is 9.44. The summed E-state index contributed by atoms with van der Waals surface area (Å²) in [5.74, 6) is 3.69. The predicted octanol–water partition coefficient (Wildman–Crippen LogP) is 2.65. The summed E-state index contributed by atoms with van der Waals surface area (Å²) in [6.45, 7) is 5.49. The number of hydrogen-bond donors (Lipinski definition) is 1. The second kappa shape index (κ2) is 4.06. The van der Waals surface area contributed by atoms with Crippen LogP contribution in [0.15, 0.2) is 0 Å². The van der Waals surface area contributed by atoms with Crippen LogP contribution >= 0.6 is 0 Å². The molecule has 1 heterocycles. The SMILES string of the molecule is CCn1c(CO)nnc1C12CC3CC(CC(C)(C3)C1)C2. The van der Waals surface area contributed by atoms with Crippen LogP contribution in [0, 0.1) is 17.3 Å². The quantitative estimate of drug-likeness (QED) is 0.922. The van der Waals surface area contributed by atoms with Crippen LogP contribution in [0.2, 0.25) is 0 Å². The van der Waals surface area contributed by atoms with Gasteiger partial charge in [-0.05, 0) is 62.7 Å². The summed E-state index contributed by atoms with van der Waals surface area (Å²) >= 11 is 0. The molecule has 4 aliphatic carbocycles. The number of aromatic nitrogens is 3. The lowest BCUT2D eigenvalue weighted by molar-refractivity contribution is -0.0661. The van der Waals surface area contributed by atoms with Crippen LogP contribution < -0.4 is 0 Å². The van der Waals surface area contributed by atoms with Crippen molar-refractivity contribution in [2.75, 3.05) is 0 Å². The fraction of sp³-hybridized carbons (Fsp3) is 0.875. The van der Waals surface area contributed by atoms with Crippen molar-refractivity contribution in [2.45, 2.75) is 70.9 Å². The number of nitrogens with zero attached hydrogens (tertiary/aromatic N) is 3. The molecule has 4 aliphatic rings. The van der Waals surface area contributed by atoms with Gasteiger partial charge in [-0.25, -0.2) is 0 Å². The third-order valence-electron chi connectivity index (χ3n) is 6.11. The monoisotopic (exact) mass is 275 g/mol. The maximum Gasteiger partial charge on any atom is 0.158 e. The highest BCUT2D eigenvalue weighted by atomic mass is 16.3. The van der Waals surface area contributed by atoms with Crippen molar-refractivity contribution in [3.8, 4) is 0 Å². The molecule has 0 aliphatic heterocycles. The van der Waals surface area contributed by atoms with Crippen LogP contribution in [0.1, 0.15) is 64.0 Å². The molecule has 1 aromatic rings. The van der Waals surface area contributed by atoms with Gasteiger partial charge in [-0.3, -0.25) is 0 Å². The van der Waals surface area contributed by atoms with E-state index < -0.39 is 0 Å². The van der Waals surface area contributed by atoms with Crippen molar-refractivity contribution in [1.29, 1.82) is 0 Å². The van der Waals surface area contributed by atoms with Crippen molar-refractivity contribution in [3.05, 3.63) is 11.6 Å². The Kier molecular flexibility index (Phi) is 2.60. The molecular formula is C16H25N3O. The molecule has 4 heteroatoms. The van der Waals surface area contributed by atoms with Gasteiger partial charge in [0.05, 0.1) is 0 Å². The third kappa shape index (κ3) is 1.63. The second-order valence-corrected chi connectivity index (χ2v) is 7.89. The van der Waals surface area contributed by atoms with E-state index in [-0.39, 0.29) is 12.0 Å². The van der Waals surface area contributed by atoms with E-state index in [1.165, 1.54) is 44.3 Å². The van der Waals surface area contributed by atoms with Crippen molar-refractivity contribution < 1.29 is 5.11 Å². The normalized spacial score (nSPS) is 42.4. The molecule has 20 heavy (non-hydrogen) atoms. The zero-order chi connectivity index (χ0) is 14.0. The van der Waals surface area contributed by atoms with E-state index in [4.69, 9.17) is 0 Å². The summed E-state index contributed by atoms with van der Waals surface area (Å²) in [6, 6.07) is 0. The van der Waals surface area contributed by atoms with Crippen LogP contribution in [0.3, 0.4) is 0 Å². The van der Waals surface area contributed by atoms with Gasteiger partial charge in [-0.1, -0.05) is 6.92 Å². The van der Waals surface area contributed by atoms with E-state index in [1.54, 1.807) is 0 Å². The molecule has 4 bridgehead atoms. The van der Waals surface area contributed by atoms with Crippen LogP contribution in [0.4, 0.5) is 0 Å². The first-order valence-corrected chi connectivity index (χ1v) is 8.11. The fourth-order valence-electron chi connectivity index (χ4n) is 6.16. The molecule has 0 spiro atoms. The molecule has 0 saturated heterocycles. The minimum absolute atomic E-state index is 0.00104. The molecule has 1 N–H and O–H groups in total. The van der Waals surface area contributed by atoms with E-state index in [1.807, 2.05) is 0 Å². The Hall–Kier alpha value is -0.900. The smallest absolute Gasteiger partial charge is 0.158 e. The molecule has 0 amide bonds. The molecule has 4 fully saturated rings. The van der Waals surface area contributed by atoms with Crippen molar-refractivity contribution in [1.82, 2.24) is 14.8 Å². The van der Waals surface area contributed by atoms with Gasteiger partial charge in [0.2, 0.25) is 0 Å². The maximum absolute atomic E-state index is 9.47. The highest BCUT2D eigenvalue weighted by molar-refractivity contribution is 5.20. The van der Waals surface area contributed by atoms with Crippen molar-refractivity contribution in [2.24, 2.45) is 17.3 Å². The molecule has 110 valence electrons. The molecule has 4 saturated carbocycles. The average Bonchev–Trinajstić information content (AvgIpc) is 2.79. The van der Waals surface area contributed by atoms with Crippen LogP contribution in [-0.4, -0.2) is 19.9 Å². The van der Waals surface area contributed by atoms with Crippen LogP contribution in [0.5, 0.6) is 0 Å². The first kappa shape index (κ1) is 12.8. The summed E-state index contributed by atoms with van der Waals surface area (Å²) < 4.78 is 2.18. The highest BCUT2D eigenvalue weighted by Crippen LogP contribution is 2.65. The number of aliphatic hydroxyl groups excluding tert-OH is 1. The highest BCUT2D eigenvalue weighted by Gasteiger charge is 2.58. The van der Waals surface area contributed by atoms with Gasteiger partial charge in [0.15, 0.2) is 5.82 Å². The maximum atomic E-state index is 9.47. The summed E-state index contributed by atoms with van der Waals surface area (Å²) in [7, 11) is 0. The molecular weight excluding hydrogens is 250 g/mol. The molecule has 0 aromatic carbocycles. The number of rotatable bonds is 3. The Morgan fingerprint density at radius 2 is 1.90 bits per heavy atom. The Morgan fingerprint density at radius 1 is 1.20 bits per heavy atom. The summed E-state index contributed by atoms with van der Waals surface area (Å²) in [6.07, 6.45) is 8.13. The summed E-state index contributed by atoms with van der Waals surface area (Å²) in [5.41, 5.74) is 0.767. The van der Waals surface area contributed by atoms with Crippen molar-refractivity contribution >= 4 is 0 Å². The van der Waals surface area contributed by atoms with Gasteiger partial charge in [0.25, 0.3) is 0 Å². The average molecular weight is 275 g/mol. The molecule has 4 nitrogen and oxygen atoms in total. The van der Waals surface area contributed by atoms with E-state index in [0.29, 0.717) is 5.41 Å². The first-order valence-electron chi connectivity index (χ1n) is 8.11. The lowest BCUT2D eigenvalue weighted by Gasteiger charge is -2.60. The Labute approximate surface area is 120 Å². The molecule has 1 aromatic heterocycles. The first-order chi connectivity index (χ1) is 9.57. The predicted molar refractivity (Wildman–Crippen MR) is 76.1 cm³/mol. The number of hydrogen-bond acceptors (Lipinski definition) is 3. The number of aliphatic hydroxyl groups is 1. The van der Waals surface area contributed by atoms with Gasteiger partial charge < -0.3 is 9.67 Å². The van der Waals surface area contributed by atoms with Crippen LogP contribution in [0.25, 0.3) is 0 Å². The molecule has 2 atom stereocenters. The molecule has 5 rings (SSSR count). The summed E-state index contributed by atoms with van der Waals surface area (Å²) in [4.78, 5) is 0. The molecule has 0 radical (unpaired) electrons. The standard InChI is InChI=1S/C16H25N3O/c1-3-19-13(9-20)17-18-14(19)16-7-11-4-12(8-16)6-15(2,5-11)10-16/h11-12,20H,3-10H2,1-2H3. The largest absolute Gasteiger partial charge is 0.388 e. The van der Waals surface area contributed by atoms with Gasteiger partial charge in [0, 0.05) is 12.0 Å². The van der Waals surface area contributed by atoms with Crippen molar-refractivity contribution in [3.63, 3.8) is 0 Å². The fourth-order valence-corrected chi connectivity index (χ4v) is 6.16. The van der Waals surface area contributed by atoms with Gasteiger partial charge >= 0.3 is 0 Å². The van der Waals surface area contributed by atoms with Gasteiger partial charge in [0.1, 0.15) is 12.4 Å². The lowest BCUT2D eigenvalue weighted by Crippen LogP contribution is -2.53. The van der Waals surface area contributed by atoms with E-state index >= 15 is 0 Å². The van der Waals surface area contributed by atoms with E-state index in [2.05, 4.69) is 28.6 Å². The minimum Gasteiger partial charge on any atom is -0.388 e. The van der Waals surface area contributed by atoms with Crippen LogP contribution in [-0.2, 0) is 18.6 Å². The minimum atomic E-state index is 0.00104. The topological polar surface area (TPSA) is 50.9 Å². The van der Waals surface area contributed by atoms with E-state index in [9.17, 15) is 5.11 Å². The summed E-state index contributed by atoms with van der Waals surface area (Å²) in [5, 5.41) is 18.3. The second-order valence-electron chi connectivity index (χ2n) is 7.89. The zero-order valence-corrected chi connectivity index (χ0v) is 12.6. The Balaban J connectivity index is 1.80. The molecule has 2 unspecified atom stereocenters. The Morgan fingerprint density at radius 3 is 2.45 bits per heavy atom. The van der Waals surface area contributed by atoms with Gasteiger partial charge in [-0.15, -0.1) is 10.2 Å². The third-order valence-corrected chi connectivity index (χ3v) is 6.11. The Bertz CT molecular complexity index is 522. The van der Waals surface area contributed by atoms with E-state index in [0.717, 1.165) is 24.2 Å². The zero-order valence-electron chi connectivity index (χ0n) is 12.6. The van der Waals surface area contributed by atoms with Gasteiger partial charge in [-0.2, -0.15) is 0 Å².